The van der Waals surface area contributed by atoms with Crippen LogP contribution in [-0.2, 0) is 14.3 Å². The zero-order valence-electron chi connectivity index (χ0n) is 11.4. The van der Waals surface area contributed by atoms with Gasteiger partial charge in [-0.1, -0.05) is 36.4 Å². The third-order valence-corrected chi connectivity index (χ3v) is 3.12. The van der Waals surface area contributed by atoms with Crippen LogP contribution >= 0.6 is 0 Å². The van der Waals surface area contributed by atoms with Crippen LogP contribution in [0.3, 0.4) is 0 Å². The highest BCUT2D eigenvalue weighted by molar-refractivity contribution is 5.83. The molecule has 2 aromatic rings. The summed E-state index contributed by atoms with van der Waals surface area (Å²) in [5.74, 6) is -0.130. The molecule has 0 spiro atoms. The van der Waals surface area contributed by atoms with E-state index in [-0.39, 0.29) is 11.9 Å². The van der Waals surface area contributed by atoms with Crippen LogP contribution in [0.25, 0.3) is 10.8 Å². The van der Waals surface area contributed by atoms with Gasteiger partial charge in [-0.05, 0) is 36.2 Å². The van der Waals surface area contributed by atoms with Gasteiger partial charge in [-0.15, -0.1) is 0 Å². The molecule has 2 aromatic carbocycles. The summed E-state index contributed by atoms with van der Waals surface area (Å²) < 4.78 is 10.6. The molecule has 0 heterocycles. The molecule has 3 nitrogen and oxygen atoms in total. The molecular weight excluding hydrogens is 240 g/mol. The van der Waals surface area contributed by atoms with Gasteiger partial charge in [0.15, 0.2) is 5.78 Å². The first-order chi connectivity index (χ1) is 9.11. The van der Waals surface area contributed by atoms with E-state index in [4.69, 9.17) is 9.47 Å². The summed E-state index contributed by atoms with van der Waals surface area (Å²) in [6.45, 7) is 3.38. The van der Waals surface area contributed by atoms with Crippen molar-refractivity contribution in [2.24, 2.45) is 0 Å². The minimum Gasteiger partial charge on any atom is -0.349 e. The van der Waals surface area contributed by atoms with E-state index in [0.717, 1.165) is 10.9 Å². The van der Waals surface area contributed by atoms with Crippen molar-refractivity contribution in [1.29, 1.82) is 0 Å². The number of fused-ring (bicyclic) bond motifs is 1. The first-order valence-corrected chi connectivity index (χ1v) is 6.29. The van der Waals surface area contributed by atoms with Gasteiger partial charge in [-0.3, -0.25) is 4.79 Å². The minimum absolute atomic E-state index is 0.130. The maximum atomic E-state index is 11.3. The number of carbonyl (C=O) groups excluding carboxylic acids is 1. The number of hydrogen-bond acceptors (Lipinski definition) is 3. The van der Waals surface area contributed by atoms with Crippen LogP contribution < -0.4 is 0 Å². The van der Waals surface area contributed by atoms with Crippen molar-refractivity contribution < 1.29 is 14.3 Å². The Labute approximate surface area is 113 Å². The summed E-state index contributed by atoms with van der Waals surface area (Å²) >= 11 is 0. The van der Waals surface area contributed by atoms with Crippen LogP contribution in [0.1, 0.15) is 25.5 Å². The fraction of sp³-hybridized carbons (Fsp3) is 0.312. The van der Waals surface area contributed by atoms with Crippen molar-refractivity contribution in [2.45, 2.75) is 26.2 Å². The van der Waals surface area contributed by atoms with Gasteiger partial charge in [0.05, 0.1) is 6.10 Å². The Bertz CT molecular complexity index is 577. The molecule has 0 aliphatic rings. The fourth-order valence-electron chi connectivity index (χ4n) is 2.04. The van der Waals surface area contributed by atoms with E-state index in [2.05, 4.69) is 24.3 Å². The van der Waals surface area contributed by atoms with Crippen molar-refractivity contribution in [3.63, 3.8) is 0 Å². The molecule has 2 atom stereocenters. The number of ketones is 1. The lowest BCUT2D eigenvalue weighted by molar-refractivity contribution is -0.172. The van der Waals surface area contributed by atoms with Crippen LogP contribution in [-0.4, -0.2) is 19.2 Å². The zero-order chi connectivity index (χ0) is 13.8. The standard InChI is InChI=1S/C16H18O3/c1-11(17)16(18-3)19-12(2)14-9-8-13-6-4-5-7-15(13)10-14/h4-10,12,16H,1-3H3/t12-,16?/m1/s1. The van der Waals surface area contributed by atoms with E-state index in [1.165, 1.54) is 19.4 Å². The molecule has 0 amide bonds. The summed E-state index contributed by atoms with van der Waals surface area (Å²) in [5, 5.41) is 2.35. The van der Waals surface area contributed by atoms with Crippen molar-refractivity contribution in [3.8, 4) is 0 Å². The first-order valence-electron chi connectivity index (χ1n) is 6.29. The van der Waals surface area contributed by atoms with Crippen molar-refractivity contribution in [3.05, 3.63) is 48.0 Å². The third-order valence-electron chi connectivity index (χ3n) is 3.12. The quantitative estimate of drug-likeness (QED) is 0.770. The normalized spacial score (nSPS) is 14.3. The molecular formula is C16H18O3. The Morgan fingerprint density at radius 3 is 2.42 bits per heavy atom. The SMILES string of the molecule is COC(O[C@H](C)c1ccc2ccccc2c1)C(C)=O. The Morgan fingerprint density at radius 2 is 1.79 bits per heavy atom. The molecule has 100 valence electrons. The molecule has 2 rings (SSSR count). The summed E-state index contributed by atoms with van der Waals surface area (Å²) in [4.78, 5) is 11.3. The van der Waals surface area contributed by atoms with Gasteiger partial charge in [0.1, 0.15) is 0 Å². The van der Waals surface area contributed by atoms with Crippen LogP contribution in [0, 0.1) is 0 Å². The highest BCUT2D eigenvalue weighted by Crippen LogP contribution is 2.23. The summed E-state index contributed by atoms with van der Waals surface area (Å²) in [6.07, 6.45) is -1.00. The average Bonchev–Trinajstić information content (AvgIpc) is 2.43. The maximum absolute atomic E-state index is 11.3. The molecule has 0 aliphatic carbocycles. The molecule has 19 heavy (non-hydrogen) atoms. The second-order valence-corrected chi connectivity index (χ2v) is 4.56. The second kappa shape index (κ2) is 5.95. The lowest BCUT2D eigenvalue weighted by Crippen LogP contribution is -2.25. The Hall–Kier alpha value is -1.71. The van der Waals surface area contributed by atoms with Gasteiger partial charge in [-0.2, -0.15) is 0 Å². The highest BCUT2D eigenvalue weighted by atomic mass is 16.7. The highest BCUT2D eigenvalue weighted by Gasteiger charge is 2.18. The van der Waals surface area contributed by atoms with Crippen molar-refractivity contribution >= 4 is 16.6 Å². The minimum atomic E-state index is -0.804. The first kappa shape index (κ1) is 13.7. The van der Waals surface area contributed by atoms with Gasteiger partial charge in [-0.25, -0.2) is 0 Å². The Morgan fingerprint density at radius 1 is 1.11 bits per heavy atom. The lowest BCUT2D eigenvalue weighted by atomic mass is 10.0. The van der Waals surface area contributed by atoms with Crippen molar-refractivity contribution in [1.82, 2.24) is 0 Å². The van der Waals surface area contributed by atoms with Crippen LogP contribution in [0.15, 0.2) is 42.5 Å². The third kappa shape index (κ3) is 3.19. The van der Waals surface area contributed by atoms with Crippen LogP contribution in [0.5, 0.6) is 0 Å². The molecule has 0 bridgehead atoms. The predicted molar refractivity (Wildman–Crippen MR) is 74.9 cm³/mol. The maximum Gasteiger partial charge on any atom is 0.217 e. The smallest absolute Gasteiger partial charge is 0.217 e. The molecule has 0 saturated heterocycles. The zero-order valence-corrected chi connectivity index (χ0v) is 11.4. The summed E-state index contributed by atoms with van der Waals surface area (Å²) in [6, 6.07) is 14.3. The Kier molecular flexibility index (Phi) is 4.30. The topological polar surface area (TPSA) is 35.5 Å². The van der Waals surface area contributed by atoms with Gasteiger partial charge in [0, 0.05) is 7.11 Å². The van der Waals surface area contributed by atoms with E-state index in [9.17, 15) is 4.79 Å². The van der Waals surface area contributed by atoms with Crippen LogP contribution in [0.4, 0.5) is 0 Å². The fourth-order valence-corrected chi connectivity index (χ4v) is 2.04. The van der Waals surface area contributed by atoms with Crippen molar-refractivity contribution in [2.75, 3.05) is 7.11 Å². The lowest BCUT2D eigenvalue weighted by Gasteiger charge is -2.19. The largest absolute Gasteiger partial charge is 0.349 e. The number of rotatable bonds is 5. The number of methoxy groups -OCH3 is 1. The monoisotopic (exact) mass is 258 g/mol. The second-order valence-electron chi connectivity index (χ2n) is 4.56. The van der Waals surface area contributed by atoms with Gasteiger partial charge >= 0.3 is 0 Å². The predicted octanol–water partition coefficient (Wildman–Crippen LogP) is 3.48. The van der Waals surface area contributed by atoms with Gasteiger partial charge in [0.2, 0.25) is 6.29 Å². The molecule has 0 radical (unpaired) electrons. The summed E-state index contributed by atoms with van der Waals surface area (Å²) in [7, 11) is 1.47. The number of hydrogen-bond donors (Lipinski definition) is 0. The van der Waals surface area contributed by atoms with Gasteiger partial charge in [0.25, 0.3) is 0 Å². The Balaban J connectivity index is 2.21. The average molecular weight is 258 g/mol. The number of carbonyl (C=O) groups is 1. The number of ether oxygens (including phenoxy) is 2. The molecule has 0 N–H and O–H groups in total. The molecule has 0 aromatic heterocycles. The molecule has 1 unspecified atom stereocenters. The number of Topliss-reactive ketones (excluding diaryl/α,β-unsaturated/α-hetero) is 1. The molecule has 0 aliphatic heterocycles. The molecule has 3 heteroatoms. The van der Waals surface area contributed by atoms with Gasteiger partial charge < -0.3 is 9.47 Å². The van der Waals surface area contributed by atoms with E-state index in [1.54, 1.807) is 0 Å². The molecule has 0 saturated carbocycles. The van der Waals surface area contributed by atoms with E-state index in [0.29, 0.717) is 0 Å². The van der Waals surface area contributed by atoms with Crippen LogP contribution in [0.2, 0.25) is 0 Å². The van der Waals surface area contributed by atoms with E-state index >= 15 is 0 Å². The summed E-state index contributed by atoms with van der Waals surface area (Å²) in [5.41, 5.74) is 1.03. The molecule has 0 fully saturated rings. The van der Waals surface area contributed by atoms with E-state index in [1.807, 2.05) is 25.1 Å². The van der Waals surface area contributed by atoms with E-state index < -0.39 is 6.29 Å². The number of benzene rings is 2.